The van der Waals surface area contributed by atoms with E-state index in [1.54, 1.807) is 0 Å². The van der Waals surface area contributed by atoms with Crippen LogP contribution in [0.3, 0.4) is 0 Å². The van der Waals surface area contributed by atoms with Crippen molar-refractivity contribution < 1.29 is 14.3 Å². The van der Waals surface area contributed by atoms with E-state index in [2.05, 4.69) is 15.2 Å². The first kappa shape index (κ1) is 19.0. The molecule has 24 heavy (non-hydrogen) atoms. The highest BCUT2D eigenvalue weighted by molar-refractivity contribution is 5.77. The molecule has 0 unspecified atom stereocenters. The van der Waals surface area contributed by atoms with Crippen LogP contribution in [0.4, 0.5) is 0 Å². The van der Waals surface area contributed by atoms with Crippen molar-refractivity contribution in [3.8, 4) is 0 Å². The predicted molar refractivity (Wildman–Crippen MR) is 94.0 cm³/mol. The number of esters is 1. The lowest BCUT2D eigenvalue weighted by Crippen LogP contribution is -2.39. The average molecular weight is 340 g/mol. The molecule has 1 aliphatic carbocycles. The molecule has 2 fully saturated rings. The fraction of sp³-hybridized carbons (Fsp3) is 0.882. The zero-order valence-corrected chi connectivity index (χ0v) is 14.7. The Bertz CT molecular complexity index is 391. The van der Waals surface area contributed by atoms with Crippen LogP contribution in [0.25, 0.3) is 0 Å². The summed E-state index contributed by atoms with van der Waals surface area (Å²) in [6.45, 7) is 6.12. The first-order chi connectivity index (χ1) is 11.7. The summed E-state index contributed by atoms with van der Waals surface area (Å²) >= 11 is 0. The van der Waals surface area contributed by atoms with Gasteiger partial charge in [0, 0.05) is 32.6 Å². The van der Waals surface area contributed by atoms with E-state index >= 15 is 0 Å². The molecule has 0 amide bonds. The third-order valence-electron chi connectivity index (χ3n) is 4.48. The second-order valence-electron chi connectivity index (χ2n) is 6.50. The van der Waals surface area contributed by atoms with E-state index in [1.807, 2.05) is 0 Å². The molecule has 0 aromatic rings. The van der Waals surface area contributed by atoms with E-state index in [0.717, 1.165) is 58.7 Å². The number of rotatable bonds is 9. The van der Waals surface area contributed by atoms with Crippen molar-refractivity contribution in [2.24, 2.45) is 10.7 Å². The van der Waals surface area contributed by atoms with Crippen molar-refractivity contribution in [3.05, 3.63) is 0 Å². The van der Waals surface area contributed by atoms with Gasteiger partial charge in [0.25, 0.3) is 0 Å². The number of hydrogen-bond acceptors (Lipinski definition) is 5. The fourth-order valence-electron chi connectivity index (χ4n) is 3.07. The Morgan fingerprint density at radius 3 is 2.75 bits per heavy atom. The summed E-state index contributed by atoms with van der Waals surface area (Å²) in [6.07, 6.45) is 6.68. The van der Waals surface area contributed by atoms with Crippen LogP contribution in [0.1, 0.15) is 44.9 Å². The molecule has 0 atom stereocenters. The Balaban J connectivity index is 1.45. The Morgan fingerprint density at radius 2 is 2.00 bits per heavy atom. The number of nitrogens with one attached hydrogen (secondary N) is 1. The number of carbonyl (C=O) groups is 1. The van der Waals surface area contributed by atoms with Gasteiger partial charge in [0.1, 0.15) is 6.10 Å². The molecule has 3 N–H and O–H groups in total. The molecule has 2 aliphatic rings. The molecular formula is C17H32N4O3. The molecule has 1 heterocycles. The summed E-state index contributed by atoms with van der Waals surface area (Å²) in [5.41, 5.74) is 5.83. The number of nitrogens with zero attached hydrogens (tertiary/aromatic N) is 2. The Morgan fingerprint density at radius 1 is 1.25 bits per heavy atom. The summed E-state index contributed by atoms with van der Waals surface area (Å²) in [6, 6.07) is 0. The van der Waals surface area contributed by atoms with Crippen LogP contribution in [0.15, 0.2) is 4.99 Å². The van der Waals surface area contributed by atoms with E-state index in [-0.39, 0.29) is 12.1 Å². The van der Waals surface area contributed by atoms with Crippen LogP contribution < -0.4 is 11.1 Å². The highest BCUT2D eigenvalue weighted by Crippen LogP contribution is 2.21. The molecule has 1 saturated carbocycles. The molecule has 2 rings (SSSR count). The van der Waals surface area contributed by atoms with Gasteiger partial charge in [0.05, 0.1) is 13.2 Å². The minimum atomic E-state index is -0.103. The third kappa shape index (κ3) is 7.97. The predicted octanol–water partition coefficient (Wildman–Crippen LogP) is 0.879. The Hall–Kier alpha value is -1.34. The molecule has 7 nitrogen and oxygen atoms in total. The topological polar surface area (TPSA) is 89.2 Å². The molecule has 0 aromatic carbocycles. The minimum Gasteiger partial charge on any atom is -0.462 e. The summed E-state index contributed by atoms with van der Waals surface area (Å²) in [5, 5.41) is 3.12. The minimum absolute atomic E-state index is 0.103. The van der Waals surface area contributed by atoms with Crippen molar-refractivity contribution in [1.82, 2.24) is 10.2 Å². The van der Waals surface area contributed by atoms with E-state index in [9.17, 15) is 4.79 Å². The maximum atomic E-state index is 11.7. The second-order valence-corrected chi connectivity index (χ2v) is 6.50. The normalized spacial score (nSPS) is 20.2. The smallest absolute Gasteiger partial charge is 0.306 e. The molecule has 1 aliphatic heterocycles. The van der Waals surface area contributed by atoms with Crippen LogP contribution in [0.5, 0.6) is 0 Å². The van der Waals surface area contributed by atoms with Crippen molar-refractivity contribution in [2.75, 3.05) is 45.9 Å². The first-order valence-corrected chi connectivity index (χ1v) is 9.27. The Kier molecular flexibility index (Phi) is 8.91. The van der Waals surface area contributed by atoms with Gasteiger partial charge >= 0.3 is 5.97 Å². The maximum Gasteiger partial charge on any atom is 0.306 e. The number of morpholine rings is 1. The average Bonchev–Trinajstić information content (AvgIpc) is 3.09. The lowest BCUT2D eigenvalue weighted by molar-refractivity contribution is -0.148. The number of ether oxygens (including phenoxy) is 2. The molecule has 1 saturated heterocycles. The second kappa shape index (κ2) is 11.3. The van der Waals surface area contributed by atoms with Gasteiger partial charge in [0.15, 0.2) is 5.96 Å². The molecule has 138 valence electrons. The van der Waals surface area contributed by atoms with Crippen molar-refractivity contribution in [3.63, 3.8) is 0 Å². The van der Waals surface area contributed by atoms with Gasteiger partial charge in [-0.15, -0.1) is 0 Å². The van der Waals surface area contributed by atoms with E-state index in [1.165, 1.54) is 12.8 Å². The van der Waals surface area contributed by atoms with Gasteiger partial charge in [-0.3, -0.25) is 14.7 Å². The van der Waals surface area contributed by atoms with Crippen molar-refractivity contribution in [1.29, 1.82) is 0 Å². The van der Waals surface area contributed by atoms with Gasteiger partial charge in [-0.25, -0.2) is 0 Å². The zero-order chi connectivity index (χ0) is 17.0. The van der Waals surface area contributed by atoms with Crippen LogP contribution >= 0.6 is 0 Å². The van der Waals surface area contributed by atoms with Crippen molar-refractivity contribution in [2.45, 2.75) is 51.0 Å². The lowest BCUT2D eigenvalue weighted by atomic mass is 10.3. The lowest BCUT2D eigenvalue weighted by Gasteiger charge is -2.26. The van der Waals surface area contributed by atoms with Crippen LogP contribution in [0.2, 0.25) is 0 Å². The molecule has 7 heteroatoms. The molecule has 0 aromatic heterocycles. The summed E-state index contributed by atoms with van der Waals surface area (Å²) in [7, 11) is 0. The number of guanidine groups is 1. The highest BCUT2D eigenvalue weighted by Gasteiger charge is 2.18. The van der Waals surface area contributed by atoms with Crippen molar-refractivity contribution >= 4 is 11.9 Å². The Labute approximate surface area is 145 Å². The number of hydrogen-bond donors (Lipinski definition) is 2. The van der Waals surface area contributed by atoms with Gasteiger partial charge in [-0.1, -0.05) is 0 Å². The summed E-state index contributed by atoms with van der Waals surface area (Å²) in [5.74, 6) is 0.357. The quantitative estimate of drug-likeness (QED) is 0.280. The first-order valence-electron chi connectivity index (χ1n) is 9.27. The van der Waals surface area contributed by atoms with Gasteiger partial charge in [-0.2, -0.15) is 0 Å². The SMILES string of the molecule is NC(=NCCCC(=O)OC1CCCC1)NCCCN1CCOCC1. The largest absolute Gasteiger partial charge is 0.462 e. The molecule has 0 spiro atoms. The zero-order valence-electron chi connectivity index (χ0n) is 14.7. The van der Waals surface area contributed by atoms with Gasteiger partial charge in [-0.05, 0) is 45.1 Å². The monoisotopic (exact) mass is 340 g/mol. The molecule has 0 bridgehead atoms. The molecular weight excluding hydrogens is 308 g/mol. The van der Waals surface area contributed by atoms with Crippen LogP contribution in [-0.4, -0.2) is 68.9 Å². The maximum absolute atomic E-state index is 11.7. The number of aliphatic imine (C=N–C) groups is 1. The fourth-order valence-corrected chi connectivity index (χ4v) is 3.07. The number of carbonyl (C=O) groups excluding carboxylic acids is 1. The van der Waals surface area contributed by atoms with E-state index in [0.29, 0.717) is 25.3 Å². The third-order valence-corrected chi connectivity index (χ3v) is 4.48. The molecule has 0 radical (unpaired) electrons. The van der Waals surface area contributed by atoms with Gasteiger partial charge in [0.2, 0.25) is 0 Å². The highest BCUT2D eigenvalue weighted by atomic mass is 16.5. The van der Waals surface area contributed by atoms with Gasteiger partial charge < -0.3 is 20.5 Å². The van der Waals surface area contributed by atoms with E-state index < -0.39 is 0 Å². The van der Waals surface area contributed by atoms with Crippen LogP contribution in [-0.2, 0) is 14.3 Å². The van der Waals surface area contributed by atoms with Crippen LogP contribution in [0, 0.1) is 0 Å². The van der Waals surface area contributed by atoms with E-state index in [4.69, 9.17) is 15.2 Å². The number of nitrogens with two attached hydrogens (primary N) is 1. The standard InChI is InChI=1S/C17H32N4O3/c18-17(20-9-4-10-21-11-13-23-14-12-21)19-8-3-7-16(22)24-15-5-1-2-6-15/h15H,1-14H2,(H3,18,19,20). The summed E-state index contributed by atoms with van der Waals surface area (Å²) in [4.78, 5) is 18.3. The summed E-state index contributed by atoms with van der Waals surface area (Å²) < 4.78 is 10.7.